The number of nitrogens with one attached hydrogen (secondary N) is 3. The van der Waals surface area contributed by atoms with Crippen LogP contribution in [0, 0.1) is 0 Å². The molecule has 1 aromatic carbocycles. The van der Waals surface area contributed by atoms with Crippen LogP contribution in [-0.4, -0.2) is 29.4 Å². The first-order valence-corrected chi connectivity index (χ1v) is 9.67. The molecule has 2 heterocycles. The van der Waals surface area contributed by atoms with Gasteiger partial charge in [0.05, 0.1) is 11.3 Å². The maximum Gasteiger partial charge on any atom is 0.324 e. The third-order valence-corrected chi connectivity index (χ3v) is 5.43. The molecule has 1 saturated heterocycles. The van der Waals surface area contributed by atoms with Crippen LogP contribution >= 0.6 is 0 Å². The number of carbonyl (C=O) groups excluding carboxylic acids is 2. The van der Waals surface area contributed by atoms with E-state index in [9.17, 15) is 9.59 Å². The number of pyridine rings is 1. The first-order chi connectivity index (χ1) is 13.7. The quantitative estimate of drug-likeness (QED) is 0.701. The monoisotopic (exact) mass is 380 g/mol. The van der Waals surface area contributed by atoms with E-state index in [-0.39, 0.29) is 5.60 Å². The van der Waals surface area contributed by atoms with Gasteiger partial charge in [0.2, 0.25) is 0 Å². The van der Waals surface area contributed by atoms with Gasteiger partial charge in [-0.15, -0.1) is 0 Å². The summed E-state index contributed by atoms with van der Waals surface area (Å²) in [7, 11) is 0. The van der Waals surface area contributed by atoms with E-state index in [1.807, 2.05) is 0 Å². The van der Waals surface area contributed by atoms with Gasteiger partial charge in [-0.25, -0.2) is 9.78 Å². The second kappa shape index (κ2) is 8.08. The molecule has 1 atom stereocenters. The first kappa shape index (κ1) is 18.6. The van der Waals surface area contributed by atoms with Crippen LogP contribution in [0.15, 0.2) is 42.6 Å². The average Bonchev–Trinajstić information content (AvgIpc) is 3.11. The van der Waals surface area contributed by atoms with Gasteiger partial charge in [0.15, 0.2) is 6.29 Å². The molecule has 1 aliphatic heterocycles. The van der Waals surface area contributed by atoms with Crippen molar-refractivity contribution in [1.29, 1.82) is 0 Å². The minimum Gasteiger partial charge on any atom is -0.351 e. The van der Waals surface area contributed by atoms with E-state index in [4.69, 9.17) is 4.74 Å². The number of amides is 2. The third kappa shape index (κ3) is 3.90. The van der Waals surface area contributed by atoms with Gasteiger partial charge in [-0.1, -0.05) is 37.5 Å². The van der Waals surface area contributed by atoms with Gasteiger partial charge in [-0.3, -0.25) is 15.4 Å². The number of anilines is 2. The molecule has 1 saturated carbocycles. The standard InChI is InChI=1S/C21H24N4O3/c26-13-15-7-6-8-16(24-20(27)25-17-9-2-5-12-22-17)18(15)19-23-14-21(28-19)10-3-1-4-11-21/h2,5-9,12-13,19,23H,1,3-4,10-11,14H2,(H2,22,24,25,27). The Hall–Kier alpha value is -2.77. The molecule has 0 bridgehead atoms. The van der Waals surface area contributed by atoms with Crippen LogP contribution in [0.2, 0.25) is 0 Å². The number of hydrogen-bond donors (Lipinski definition) is 3. The van der Waals surface area contributed by atoms with Gasteiger partial charge >= 0.3 is 6.03 Å². The molecule has 0 radical (unpaired) electrons. The molecule has 7 heteroatoms. The number of aldehydes is 1. The lowest BCUT2D eigenvalue weighted by Crippen LogP contribution is -2.35. The minimum atomic E-state index is -0.426. The van der Waals surface area contributed by atoms with Crippen molar-refractivity contribution in [2.24, 2.45) is 0 Å². The molecule has 1 aliphatic carbocycles. The largest absolute Gasteiger partial charge is 0.351 e. The lowest BCUT2D eigenvalue weighted by molar-refractivity contribution is -0.0615. The second-order valence-electron chi connectivity index (χ2n) is 7.34. The van der Waals surface area contributed by atoms with E-state index in [1.54, 1.807) is 42.6 Å². The van der Waals surface area contributed by atoms with Gasteiger partial charge in [0.1, 0.15) is 12.0 Å². The van der Waals surface area contributed by atoms with E-state index in [1.165, 1.54) is 6.42 Å². The average molecular weight is 380 g/mol. The summed E-state index contributed by atoms with van der Waals surface area (Å²) >= 11 is 0. The van der Waals surface area contributed by atoms with Crippen LogP contribution in [-0.2, 0) is 4.74 Å². The van der Waals surface area contributed by atoms with Gasteiger partial charge in [-0.2, -0.15) is 0 Å². The van der Waals surface area contributed by atoms with Crippen LogP contribution in [0.4, 0.5) is 16.3 Å². The Morgan fingerprint density at radius 3 is 2.75 bits per heavy atom. The van der Waals surface area contributed by atoms with Crippen molar-refractivity contribution >= 4 is 23.8 Å². The van der Waals surface area contributed by atoms with E-state index in [2.05, 4.69) is 20.9 Å². The zero-order chi connectivity index (χ0) is 19.4. The third-order valence-electron chi connectivity index (χ3n) is 5.43. The minimum absolute atomic E-state index is 0.174. The molecular formula is C21H24N4O3. The Morgan fingerprint density at radius 1 is 1.14 bits per heavy atom. The SMILES string of the molecule is O=Cc1cccc(NC(=O)Nc2ccccn2)c1C1NCC2(CCCCC2)O1. The number of urea groups is 1. The molecule has 28 heavy (non-hydrogen) atoms. The fraction of sp³-hybridized carbons (Fsp3) is 0.381. The molecule has 3 N–H and O–H groups in total. The van der Waals surface area contributed by atoms with Crippen molar-refractivity contribution in [1.82, 2.24) is 10.3 Å². The summed E-state index contributed by atoms with van der Waals surface area (Å²) in [6, 6.07) is 10.1. The maximum atomic E-state index is 12.4. The summed E-state index contributed by atoms with van der Waals surface area (Å²) in [5.41, 5.74) is 1.53. The molecule has 1 aromatic heterocycles. The number of ether oxygens (including phenoxy) is 1. The Labute approximate surface area is 163 Å². The number of aromatic nitrogens is 1. The zero-order valence-electron chi connectivity index (χ0n) is 15.6. The summed E-state index contributed by atoms with van der Waals surface area (Å²) < 4.78 is 6.40. The van der Waals surface area contributed by atoms with Crippen LogP contribution in [0.25, 0.3) is 0 Å². The molecular weight excluding hydrogens is 356 g/mol. The number of benzene rings is 1. The van der Waals surface area contributed by atoms with Crippen LogP contribution in [0.5, 0.6) is 0 Å². The number of hydrogen-bond acceptors (Lipinski definition) is 5. The van der Waals surface area contributed by atoms with E-state index >= 15 is 0 Å². The molecule has 2 aliphatic rings. The topological polar surface area (TPSA) is 92.4 Å². The van der Waals surface area contributed by atoms with Crippen LogP contribution in [0.1, 0.15) is 54.3 Å². The van der Waals surface area contributed by atoms with Gasteiger partial charge < -0.3 is 10.1 Å². The Morgan fingerprint density at radius 2 is 2.00 bits per heavy atom. The highest BCUT2D eigenvalue weighted by molar-refractivity contribution is 6.00. The lowest BCUT2D eigenvalue weighted by atomic mass is 9.85. The molecule has 2 amide bonds. The summed E-state index contributed by atoms with van der Waals surface area (Å²) in [6.45, 7) is 0.754. The first-order valence-electron chi connectivity index (χ1n) is 9.67. The van der Waals surface area contributed by atoms with Crippen molar-refractivity contribution < 1.29 is 14.3 Å². The maximum absolute atomic E-state index is 12.4. The highest BCUT2D eigenvalue weighted by atomic mass is 16.5. The van der Waals surface area contributed by atoms with Gasteiger partial charge in [-0.05, 0) is 31.0 Å². The lowest BCUT2D eigenvalue weighted by Gasteiger charge is -2.32. The molecule has 1 unspecified atom stereocenters. The summed E-state index contributed by atoms with van der Waals surface area (Å²) in [5, 5.41) is 8.93. The highest BCUT2D eigenvalue weighted by Crippen LogP contribution is 2.41. The van der Waals surface area contributed by atoms with Crippen molar-refractivity contribution in [3.05, 3.63) is 53.7 Å². The molecule has 4 rings (SSSR count). The van der Waals surface area contributed by atoms with Gasteiger partial charge in [0, 0.05) is 23.9 Å². The van der Waals surface area contributed by atoms with Crippen molar-refractivity contribution in [3.8, 4) is 0 Å². The molecule has 2 fully saturated rings. The second-order valence-corrected chi connectivity index (χ2v) is 7.34. The normalized spacial score (nSPS) is 20.6. The fourth-order valence-corrected chi connectivity index (χ4v) is 4.06. The number of nitrogens with zero attached hydrogens (tertiary/aromatic N) is 1. The summed E-state index contributed by atoms with van der Waals surface area (Å²) in [4.78, 5) is 28.2. The molecule has 7 nitrogen and oxygen atoms in total. The Balaban J connectivity index is 1.55. The fourth-order valence-electron chi connectivity index (χ4n) is 4.06. The predicted octanol–water partition coefficient (Wildman–Crippen LogP) is 3.86. The Kier molecular flexibility index (Phi) is 5.36. The molecule has 146 valence electrons. The predicted molar refractivity (Wildman–Crippen MR) is 106 cm³/mol. The smallest absolute Gasteiger partial charge is 0.324 e. The summed E-state index contributed by atoms with van der Waals surface area (Å²) in [5.74, 6) is 0.449. The van der Waals surface area contributed by atoms with Crippen molar-refractivity contribution in [2.45, 2.75) is 43.9 Å². The van der Waals surface area contributed by atoms with Crippen LogP contribution in [0.3, 0.4) is 0 Å². The zero-order valence-corrected chi connectivity index (χ0v) is 15.6. The van der Waals surface area contributed by atoms with E-state index < -0.39 is 12.3 Å². The van der Waals surface area contributed by atoms with E-state index in [0.29, 0.717) is 22.6 Å². The number of rotatable bonds is 4. The Bertz CT molecular complexity index is 850. The molecule has 1 spiro atoms. The van der Waals surface area contributed by atoms with Crippen molar-refractivity contribution in [2.75, 3.05) is 17.2 Å². The molecule has 2 aromatic rings. The van der Waals surface area contributed by atoms with E-state index in [0.717, 1.165) is 38.5 Å². The number of carbonyl (C=O) groups is 2. The van der Waals surface area contributed by atoms with Crippen molar-refractivity contribution in [3.63, 3.8) is 0 Å². The summed E-state index contributed by atoms with van der Waals surface area (Å²) in [6.07, 6.45) is 7.56. The highest BCUT2D eigenvalue weighted by Gasteiger charge is 2.42. The van der Waals surface area contributed by atoms with Gasteiger partial charge in [0.25, 0.3) is 0 Å². The van der Waals surface area contributed by atoms with Crippen LogP contribution < -0.4 is 16.0 Å².